The highest BCUT2D eigenvalue weighted by atomic mass is 35.5. The molecule has 1 aromatic rings. The van der Waals surface area contributed by atoms with Gasteiger partial charge in [-0.25, -0.2) is 0 Å². The lowest BCUT2D eigenvalue weighted by atomic mass is 9.87. The first-order valence-electron chi connectivity index (χ1n) is 6.61. The second kappa shape index (κ2) is 8.10. The van der Waals surface area contributed by atoms with Gasteiger partial charge >= 0.3 is 0 Å². The highest BCUT2D eigenvalue weighted by Gasteiger charge is 2.28. The summed E-state index contributed by atoms with van der Waals surface area (Å²) in [5.74, 6) is 1.14. The maximum Gasteiger partial charge on any atom is 0.241 e. The summed E-state index contributed by atoms with van der Waals surface area (Å²) in [6, 6.07) is 2.69. The number of methoxy groups -OCH3 is 3. The van der Waals surface area contributed by atoms with Crippen molar-refractivity contribution in [2.75, 3.05) is 26.6 Å². The number of amides is 1. The molecule has 0 fully saturated rings. The van der Waals surface area contributed by atoms with Crippen molar-refractivity contribution >= 4 is 24.0 Å². The van der Waals surface area contributed by atoms with Crippen LogP contribution in [0.4, 0.5) is 5.69 Å². The average molecular weight is 333 g/mol. The summed E-state index contributed by atoms with van der Waals surface area (Å²) in [5, 5.41) is 2.77. The standard InChI is InChI=1S/C15H24N2O4.ClH/c1-15(2,3)13(16)14(18)17-9-7-10(19-4)12(21-6)11(8-9)20-5;/h7-8,13H,16H2,1-6H3,(H,17,18);1H/t13-;/m1./s1. The Morgan fingerprint density at radius 2 is 1.55 bits per heavy atom. The number of carbonyl (C=O) groups excluding carboxylic acids is 1. The van der Waals surface area contributed by atoms with Gasteiger partial charge in [0.05, 0.1) is 27.4 Å². The number of nitrogens with one attached hydrogen (secondary N) is 1. The number of nitrogens with two attached hydrogens (primary N) is 1. The van der Waals surface area contributed by atoms with E-state index in [4.69, 9.17) is 19.9 Å². The minimum absolute atomic E-state index is 0. The normalized spacial score (nSPS) is 12.0. The maximum absolute atomic E-state index is 12.2. The van der Waals surface area contributed by atoms with Gasteiger partial charge in [-0.05, 0) is 5.41 Å². The predicted molar refractivity (Wildman–Crippen MR) is 89.4 cm³/mol. The summed E-state index contributed by atoms with van der Waals surface area (Å²) in [6.45, 7) is 5.73. The molecule has 0 spiro atoms. The highest BCUT2D eigenvalue weighted by Crippen LogP contribution is 2.40. The molecule has 0 bridgehead atoms. The van der Waals surface area contributed by atoms with Crippen LogP contribution in [0.3, 0.4) is 0 Å². The molecule has 0 saturated heterocycles. The molecule has 0 heterocycles. The van der Waals surface area contributed by atoms with Crippen molar-refractivity contribution in [3.63, 3.8) is 0 Å². The number of hydrogen-bond acceptors (Lipinski definition) is 5. The molecule has 0 aliphatic carbocycles. The number of halogens is 1. The monoisotopic (exact) mass is 332 g/mol. The maximum atomic E-state index is 12.2. The molecule has 22 heavy (non-hydrogen) atoms. The molecule has 1 rings (SSSR count). The van der Waals surface area contributed by atoms with E-state index in [-0.39, 0.29) is 23.7 Å². The van der Waals surface area contributed by atoms with Crippen LogP contribution in [0, 0.1) is 5.41 Å². The van der Waals surface area contributed by atoms with Gasteiger partial charge in [0.15, 0.2) is 11.5 Å². The minimum atomic E-state index is -0.628. The molecule has 0 aliphatic heterocycles. The predicted octanol–water partition coefficient (Wildman–Crippen LogP) is 2.45. The SMILES string of the molecule is COc1cc(NC(=O)[C@@H](N)C(C)(C)C)cc(OC)c1OC.Cl. The quantitative estimate of drug-likeness (QED) is 0.865. The molecule has 0 aliphatic rings. The molecule has 0 saturated carbocycles. The molecule has 1 aromatic carbocycles. The minimum Gasteiger partial charge on any atom is -0.493 e. The van der Waals surface area contributed by atoms with Crippen LogP contribution in [-0.2, 0) is 4.79 Å². The molecule has 0 aromatic heterocycles. The Labute approximate surface area is 137 Å². The van der Waals surface area contributed by atoms with Gasteiger partial charge in [-0.2, -0.15) is 0 Å². The van der Waals surface area contributed by atoms with Crippen molar-refractivity contribution in [1.82, 2.24) is 0 Å². The largest absolute Gasteiger partial charge is 0.493 e. The van der Waals surface area contributed by atoms with Crippen molar-refractivity contribution in [2.24, 2.45) is 11.1 Å². The van der Waals surface area contributed by atoms with Crippen LogP contribution < -0.4 is 25.3 Å². The van der Waals surface area contributed by atoms with Gasteiger partial charge in [-0.1, -0.05) is 20.8 Å². The van der Waals surface area contributed by atoms with Crippen molar-refractivity contribution in [2.45, 2.75) is 26.8 Å². The molecule has 126 valence electrons. The van der Waals surface area contributed by atoms with Crippen LogP contribution >= 0.6 is 12.4 Å². The highest BCUT2D eigenvalue weighted by molar-refractivity contribution is 5.95. The van der Waals surface area contributed by atoms with Crippen molar-refractivity contribution in [3.05, 3.63) is 12.1 Å². The fraction of sp³-hybridized carbons (Fsp3) is 0.533. The lowest BCUT2D eigenvalue weighted by Crippen LogP contribution is -2.45. The number of hydrogen-bond donors (Lipinski definition) is 2. The van der Waals surface area contributed by atoms with Crippen molar-refractivity contribution < 1.29 is 19.0 Å². The summed E-state index contributed by atoms with van der Waals surface area (Å²) in [6.07, 6.45) is 0. The van der Waals surface area contributed by atoms with E-state index in [9.17, 15) is 4.79 Å². The zero-order chi connectivity index (χ0) is 16.2. The average Bonchev–Trinajstić information content (AvgIpc) is 2.44. The Kier molecular flexibility index (Phi) is 7.49. The van der Waals surface area contributed by atoms with E-state index >= 15 is 0 Å². The molecule has 3 N–H and O–H groups in total. The van der Waals surface area contributed by atoms with Crippen LogP contribution in [0.25, 0.3) is 0 Å². The molecule has 1 amide bonds. The third-order valence-electron chi connectivity index (χ3n) is 3.15. The first-order valence-corrected chi connectivity index (χ1v) is 6.61. The van der Waals surface area contributed by atoms with Crippen LogP contribution in [0.5, 0.6) is 17.2 Å². The lowest BCUT2D eigenvalue weighted by molar-refractivity contribution is -0.119. The van der Waals surface area contributed by atoms with Gasteiger partial charge in [-0.15, -0.1) is 12.4 Å². The topological polar surface area (TPSA) is 82.8 Å². The molecular formula is C15H25ClN2O4. The van der Waals surface area contributed by atoms with Crippen molar-refractivity contribution in [1.29, 1.82) is 0 Å². The van der Waals surface area contributed by atoms with E-state index in [0.717, 1.165) is 0 Å². The van der Waals surface area contributed by atoms with Gasteiger partial charge in [-0.3, -0.25) is 4.79 Å². The van der Waals surface area contributed by atoms with Gasteiger partial charge < -0.3 is 25.3 Å². The number of ether oxygens (including phenoxy) is 3. The van der Waals surface area contributed by atoms with Crippen LogP contribution in [-0.4, -0.2) is 33.3 Å². The first-order chi connectivity index (χ1) is 9.74. The third-order valence-corrected chi connectivity index (χ3v) is 3.15. The number of benzene rings is 1. The van der Waals surface area contributed by atoms with Crippen LogP contribution in [0.15, 0.2) is 12.1 Å². The smallest absolute Gasteiger partial charge is 0.241 e. The Hall–Kier alpha value is -1.66. The van der Waals surface area contributed by atoms with E-state index in [2.05, 4.69) is 5.32 Å². The molecule has 0 unspecified atom stereocenters. The van der Waals surface area contributed by atoms with E-state index < -0.39 is 6.04 Å². The fourth-order valence-corrected chi connectivity index (χ4v) is 1.77. The molecule has 6 nitrogen and oxygen atoms in total. The zero-order valence-electron chi connectivity index (χ0n) is 13.9. The lowest BCUT2D eigenvalue weighted by Gasteiger charge is -2.26. The van der Waals surface area contributed by atoms with Crippen molar-refractivity contribution in [3.8, 4) is 17.2 Å². The van der Waals surface area contributed by atoms with Gasteiger partial charge in [0.25, 0.3) is 0 Å². The summed E-state index contributed by atoms with van der Waals surface area (Å²) in [4.78, 5) is 12.2. The van der Waals surface area contributed by atoms with Crippen LogP contribution in [0.1, 0.15) is 20.8 Å². The second-order valence-electron chi connectivity index (χ2n) is 5.75. The van der Waals surface area contributed by atoms with E-state index in [1.54, 1.807) is 12.1 Å². The third kappa shape index (κ3) is 4.68. The molecule has 1 atom stereocenters. The summed E-state index contributed by atoms with van der Waals surface area (Å²) in [5.41, 5.74) is 6.15. The Morgan fingerprint density at radius 3 is 1.86 bits per heavy atom. The fourth-order valence-electron chi connectivity index (χ4n) is 1.77. The Balaban J connectivity index is 0.00000441. The zero-order valence-corrected chi connectivity index (χ0v) is 14.7. The van der Waals surface area contributed by atoms with E-state index in [1.165, 1.54) is 21.3 Å². The number of rotatable bonds is 5. The second-order valence-corrected chi connectivity index (χ2v) is 5.75. The first kappa shape index (κ1) is 20.3. The summed E-state index contributed by atoms with van der Waals surface area (Å²) < 4.78 is 15.7. The van der Waals surface area contributed by atoms with Crippen LogP contribution in [0.2, 0.25) is 0 Å². The van der Waals surface area contributed by atoms with E-state index in [1.807, 2.05) is 20.8 Å². The van der Waals surface area contributed by atoms with E-state index in [0.29, 0.717) is 22.9 Å². The Bertz CT molecular complexity index is 490. The number of carbonyl (C=O) groups is 1. The molecular weight excluding hydrogens is 308 g/mol. The number of anilines is 1. The summed E-state index contributed by atoms with van der Waals surface area (Å²) >= 11 is 0. The van der Waals surface area contributed by atoms with Gasteiger partial charge in [0.2, 0.25) is 11.7 Å². The summed E-state index contributed by atoms with van der Waals surface area (Å²) in [7, 11) is 4.56. The molecule has 0 radical (unpaired) electrons. The molecule has 7 heteroatoms. The van der Waals surface area contributed by atoms with Gasteiger partial charge in [0.1, 0.15) is 0 Å². The van der Waals surface area contributed by atoms with Gasteiger partial charge in [0, 0.05) is 17.8 Å². The Morgan fingerprint density at radius 1 is 1.09 bits per heavy atom.